The molecule has 0 aliphatic carbocycles. The summed E-state index contributed by atoms with van der Waals surface area (Å²) >= 11 is 0. The van der Waals surface area contributed by atoms with Crippen molar-refractivity contribution in [3.05, 3.63) is 59.5 Å². The Kier molecular flexibility index (Phi) is 3.92. The number of aromatic nitrogens is 1. The van der Waals surface area contributed by atoms with E-state index in [4.69, 9.17) is 4.74 Å². The lowest BCUT2D eigenvalue weighted by molar-refractivity contribution is 0.101. The third-order valence-corrected chi connectivity index (χ3v) is 4.58. The van der Waals surface area contributed by atoms with Crippen molar-refractivity contribution >= 4 is 22.8 Å². The van der Waals surface area contributed by atoms with Crippen molar-refractivity contribution in [2.24, 2.45) is 0 Å². The summed E-state index contributed by atoms with van der Waals surface area (Å²) in [5.41, 5.74) is 2.08. The summed E-state index contributed by atoms with van der Waals surface area (Å²) in [7, 11) is 0. The molecule has 5 heteroatoms. The average Bonchev–Trinajstić information content (AvgIpc) is 3.14. The molecule has 2 N–H and O–H groups in total. The number of Topliss-reactive ketones (excluding diaryl/α,β-unsaturated/α-hetero) is 1. The van der Waals surface area contributed by atoms with Crippen LogP contribution >= 0.6 is 0 Å². The number of nitrogens with zero attached hydrogens (tertiary/aromatic N) is 1. The number of phenolic OH excluding ortho intramolecular Hbond substituents is 2. The van der Waals surface area contributed by atoms with E-state index in [1.807, 2.05) is 18.2 Å². The molecule has 4 rings (SSSR count). The van der Waals surface area contributed by atoms with Crippen molar-refractivity contribution in [3.8, 4) is 17.2 Å². The van der Waals surface area contributed by atoms with Crippen LogP contribution in [0.2, 0.25) is 0 Å². The minimum absolute atomic E-state index is 0.0841. The minimum atomic E-state index is -0.391. The van der Waals surface area contributed by atoms with Gasteiger partial charge < -0.3 is 19.5 Å². The molecule has 0 amide bonds. The largest absolute Gasteiger partial charge is 0.508 e. The fourth-order valence-electron chi connectivity index (χ4n) is 3.26. The predicted octanol–water partition coefficient (Wildman–Crippen LogP) is 4.47. The summed E-state index contributed by atoms with van der Waals surface area (Å²) in [6.45, 7) is 3.16. The maximum atomic E-state index is 12.5. The van der Waals surface area contributed by atoms with Gasteiger partial charge in [0.2, 0.25) is 5.78 Å². The number of fused-ring (bicyclic) bond motifs is 2. The summed E-state index contributed by atoms with van der Waals surface area (Å²) in [6, 6.07) is 10.5. The van der Waals surface area contributed by atoms with E-state index in [-0.39, 0.29) is 28.6 Å². The summed E-state index contributed by atoms with van der Waals surface area (Å²) < 4.78 is 7.77. The Morgan fingerprint density at radius 2 is 2.00 bits per heavy atom. The number of unbranched alkanes of at least 4 members (excludes halogenated alkanes) is 1. The summed E-state index contributed by atoms with van der Waals surface area (Å²) in [4.78, 5) is 12.5. The van der Waals surface area contributed by atoms with E-state index in [1.165, 1.54) is 6.07 Å². The first-order valence-electron chi connectivity index (χ1n) is 8.66. The number of rotatable bonds is 4. The highest BCUT2D eigenvalue weighted by atomic mass is 16.5. The molecule has 1 aromatic heterocycles. The van der Waals surface area contributed by atoms with Crippen LogP contribution in [0.1, 0.15) is 35.7 Å². The van der Waals surface area contributed by atoms with E-state index >= 15 is 0 Å². The number of carbonyl (C=O) groups excluding carboxylic acids is 1. The number of aryl methyl sites for hydroxylation is 1. The van der Waals surface area contributed by atoms with Crippen molar-refractivity contribution in [2.45, 2.75) is 26.3 Å². The number of hydrogen-bond acceptors (Lipinski definition) is 4. The van der Waals surface area contributed by atoms with Gasteiger partial charge in [0.25, 0.3) is 0 Å². The number of benzene rings is 2. The molecule has 0 unspecified atom stereocenters. The van der Waals surface area contributed by atoms with E-state index in [9.17, 15) is 15.0 Å². The second kappa shape index (κ2) is 6.26. The summed E-state index contributed by atoms with van der Waals surface area (Å²) in [5.74, 6) is -0.517. The standard InChI is InChI=1S/C21H19NO4/c1-2-3-7-22-8-6-14-9-13(4-5-16(14)22)10-19-21(25)20-17(24)11-15(23)12-18(20)26-19/h4-6,8-12,23-24H,2-3,7H2,1H3/b19-10-. The number of ketones is 1. The Bertz CT molecular complexity index is 1050. The van der Waals surface area contributed by atoms with Gasteiger partial charge in [0.15, 0.2) is 5.76 Å². The molecular weight excluding hydrogens is 330 g/mol. The van der Waals surface area contributed by atoms with Crippen molar-refractivity contribution in [2.75, 3.05) is 0 Å². The Morgan fingerprint density at radius 3 is 2.81 bits per heavy atom. The van der Waals surface area contributed by atoms with Crippen LogP contribution in [0.25, 0.3) is 17.0 Å². The van der Waals surface area contributed by atoms with Crippen LogP contribution in [0.3, 0.4) is 0 Å². The number of aromatic hydroxyl groups is 2. The number of carbonyl (C=O) groups is 1. The van der Waals surface area contributed by atoms with E-state index in [1.54, 1.807) is 6.08 Å². The molecule has 0 radical (unpaired) electrons. The zero-order chi connectivity index (χ0) is 18.3. The molecule has 0 fully saturated rings. The molecule has 3 aromatic rings. The highest BCUT2D eigenvalue weighted by Gasteiger charge is 2.31. The van der Waals surface area contributed by atoms with Gasteiger partial charge in [0.1, 0.15) is 22.8 Å². The highest BCUT2D eigenvalue weighted by molar-refractivity contribution is 6.16. The highest BCUT2D eigenvalue weighted by Crippen LogP contribution is 2.40. The van der Waals surface area contributed by atoms with Crippen molar-refractivity contribution in [3.63, 3.8) is 0 Å². The molecule has 132 valence electrons. The predicted molar refractivity (Wildman–Crippen MR) is 99.6 cm³/mol. The number of ether oxygens (including phenoxy) is 1. The van der Waals surface area contributed by atoms with Crippen LogP contribution < -0.4 is 4.74 Å². The molecule has 26 heavy (non-hydrogen) atoms. The van der Waals surface area contributed by atoms with Crippen LogP contribution in [0, 0.1) is 0 Å². The second-order valence-electron chi connectivity index (χ2n) is 6.46. The SMILES string of the molecule is CCCCn1ccc2cc(/C=C3\Oc4cc(O)cc(O)c4C3=O)ccc21. The molecule has 0 atom stereocenters. The monoisotopic (exact) mass is 349 g/mol. The van der Waals surface area contributed by atoms with Gasteiger partial charge in [-0.1, -0.05) is 19.4 Å². The first kappa shape index (κ1) is 16.3. The van der Waals surface area contributed by atoms with E-state index in [0.717, 1.165) is 41.9 Å². The zero-order valence-corrected chi connectivity index (χ0v) is 14.4. The van der Waals surface area contributed by atoms with Crippen molar-refractivity contribution in [1.82, 2.24) is 4.57 Å². The number of hydrogen-bond donors (Lipinski definition) is 2. The molecule has 1 aliphatic rings. The van der Waals surface area contributed by atoms with Gasteiger partial charge in [-0.25, -0.2) is 0 Å². The Labute approximate surface area is 150 Å². The molecule has 2 aromatic carbocycles. The second-order valence-corrected chi connectivity index (χ2v) is 6.46. The minimum Gasteiger partial charge on any atom is -0.508 e. The van der Waals surface area contributed by atoms with Gasteiger partial charge in [0.05, 0.1) is 0 Å². The Balaban J connectivity index is 1.67. The Hall–Kier alpha value is -3.21. The molecular formula is C21H19NO4. The zero-order valence-electron chi connectivity index (χ0n) is 14.4. The van der Waals surface area contributed by atoms with E-state index in [0.29, 0.717) is 0 Å². The van der Waals surface area contributed by atoms with Crippen LogP contribution in [0.4, 0.5) is 0 Å². The number of allylic oxidation sites excluding steroid dienone is 1. The molecule has 0 spiro atoms. The lowest BCUT2D eigenvalue weighted by Crippen LogP contribution is -1.98. The molecule has 5 nitrogen and oxygen atoms in total. The quantitative estimate of drug-likeness (QED) is 0.682. The van der Waals surface area contributed by atoms with Gasteiger partial charge >= 0.3 is 0 Å². The fourth-order valence-corrected chi connectivity index (χ4v) is 3.26. The lowest BCUT2D eigenvalue weighted by atomic mass is 10.1. The van der Waals surface area contributed by atoms with Crippen LogP contribution in [-0.2, 0) is 6.54 Å². The van der Waals surface area contributed by atoms with Crippen molar-refractivity contribution < 1.29 is 19.7 Å². The smallest absolute Gasteiger partial charge is 0.235 e. The summed E-state index contributed by atoms with van der Waals surface area (Å²) in [6.07, 6.45) is 6.01. The van der Waals surface area contributed by atoms with Gasteiger partial charge in [0, 0.05) is 35.8 Å². The maximum absolute atomic E-state index is 12.5. The Morgan fingerprint density at radius 1 is 1.15 bits per heavy atom. The first-order chi connectivity index (χ1) is 12.6. The van der Waals surface area contributed by atoms with Crippen LogP contribution in [0.5, 0.6) is 17.2 Å². The van der Waals surface area contributed by atoms with Gasteiger partial charge in [-0.3, -0.25) is 4.79 Å². The molecule has 0 saturated carbocycles. The van der Waals surface area contributed by atoms with E-state index in [2.05, 4.69) is 23.8 Å². The van der Waals surface area contributed by atoms with E-state index < -0.39 is 5.78 Å². The first-order valence-corrected chi connectivity index (χ1v) is 8.66. The van der Waals surface area contributed by atoms with Crippen molar-refractivity contribution in [1.29, 1.82) is 0 Å². The lowest BCUT2D eigenvalue weighted by Gasteiger charge is -2.04. The van der Waals surface area contributed by atoms with Crippen LogP contribution in [0.15, 0.2) is 48.4 Å². The fraction of sp³-hybridized carbons (Fsp3) is 0.190. The molecule has 0 saturated heterocycles. The molecule has 1 aliphatic heterocycles. The normalized spacial score (nSPS) is 14.8. The maximum Gasteiger partial charge on any atom is 0.235 e. The van der Waals surface area contributed by atoms with Crippen LogP contribution in [-0.4, -0.2) is 20.6 Å². The molecule has 0 bridgehead atoms. The average molecular weight is 349 g/mol. The third-order valence-electron chi connectivity index (χ3n) is 4.58. The van der Waals surface area contributed by atoms with Gasteiger partial charge in [-0.05, 0) is 36.3 Å². The summed E-state index contributed by atoms with van der Waals surface area (Å²) in [5, 5.41) is 20.5. The third kappa shape index (κ3) is 2.71. The van der Waals surface area contributed by atoms with Gasteiger partial charge in [-0.2, -0.15) is 0 Å². The molecule has 2 heterocycles. The topological polar surface area (TPSA) is 71.7 Å². The number of phenols is 2. The van der Waals surface area contributed by atoms with Gasteiger partial charge in [-0.15, -0.1) is 0 Å².